The highest BCUT2D eigenvalue weighted by Crippen LogP contribution is 2.43. The molecule has 1 aliphatic heterocycles. The van der Waals surface area contributed by atoms with Gasteiger partial charge in [0, 0.05) is 36.9 Å². The lowest BCUT2D eigenvalue weighted by molar-refractivity contribution is -0.116. The predicted octanol–water partition coefficient (Wildman–Crippen LogP) is 3.50. The van der Waals surface area contributed by atoms with Gasteiger partial charge in [-0.25, -0.2) is 0 Å². The first-order valence-electron chi connectivity index (χ1n) is 7.96. The maximum absolute atomic E-state index is 13.1. The average Bonchev–Trinajstić information content (AvgIpc) is 3.42. The molecule has 0 bridgehead atoms. The number of ketones is 2. The number of nitrogens with zero attached hydrogens (tertiary/aromatic N) is 1. The molecule has 0 saturated heterocycles. The zero-order valence-electron chi connectivity index (χ0n) is 14.1. The van der Waals surface area contributed by atoms with E-state index in [0.29, 0.717) is 17.9 Å². The topological polar surface area (TPSA) is 46.6 Å². The van der Waals surface area contributed by atoms with Gasteiger partial charge in [-0.15, -0.1) is 23.5 Å². The highest BCUT2D eigenvalue weighted by molar-refractivity contribution is 8.02. The van der Waals surface area contributed by atoms with Crippen molar-refractivity contribution in [1.82, 2.24) is 4.90 Å². The first-order chi connectivity index (χ1) is 11.5. The Morgan fingerprint density at radius 3 is 2.71 bits per heavy atom. The van der Waals surface area contributed by atoms with Crippen molar-refractivity contribution in [2.24, 2.45) is 5.92 Å². The van der Waals surface area contributed by atoms with Gasteiger partial charge in [-0.1, -0.05) is 0 Å². The summed E-state index contributed by atoms with van der Waals surface area (Å²) >= 11 is 3.35. The second-order valence-electron chi connectivity index (χ2n) is 6.14. The van der Waals surface area contributed by atoms with E-state index in [4.69, 9.17) is 4.74 Å². The summed E-state index contributed by atoms with van der Waals surface area (Å²) in [7, 11) is 3.65. The van der Waals surface area contributed by atoms with Gasteiger partial charge in [0.15, 0.2) is 5.78 Å². The molecule has 1 aliphatic carbocycles. The minimum Gasteiger partial charge on any atom is -0.491 e. The highest BCUT2D eigenvalue weighted by atomic mass is 32.2. The van der Waals surface area contributed by atoms with E-state index in [1.54, 1.807) is 40.7 Å². The van der Waals surface area contributed by atoms with Gasteiger partial charge in [-0.3, -0.25) is 9.59 Å². The van der Waals surface area contributed by atoms with Gasteiger partial charge < -0.3 is 9.64 Å². The molecule has 1 saturated carbocycles. The van der Waals surface area contributed by atoms with E-state index >= 15 is 0 Å². The van der Waals surface area contributed by atoms with Crippen LogP contribution >= 0.6 is 23.5 Å². The Labute approximate surface area is 151 Å². The molecule has 1 heterocycles. The molecule has 6 heteroatoms. The lowest BCUT2D eigenvalue weighted by Crippen LogP contribution is -2.20. The van der Waals surface area contributed by atoms with Gasteiger partial charge in [0.25, 0.3) is 0 Å². The SMILES string of the molecule is CSc1ccc(C(=O)C(=CN(C)C)C(=O)C2CC2)c2c1SCCO2. The average molecular weight is 364 g/mol. The Bertz CT molecular complexity index is 708. The number of hydrogen-bond donors (Lipinski definition) is 0. The molecule has 0 radical (unpaired) electrons. The van der Waals surface area contributed by atoms with Gasteiger partial charge in [-0.05, 0) is 31.2 Å². The molecule has 0 N–H and O–H groups in total. The molecule has 0 amide bonds. The number of hydrogen-bond acceptors (Lipinski definition) is 6. The van der Waals surface area contributed by atoms with E-state index in [-0.39, 0.29) is 23.1 Å². The maximum Gasteiger partial charge on any atom is 0.201 e. The second-order valence-corrected chi connectivity index (χ2v) is 8.10. The standard InChI is InChI=1S/C18H21NO3S2/c1-19(2)10-13(15(20)11-4-5-11)16(21)12-6-7-14(23-3)18-17(12)22-8-9-24-18/h6-7,10-11H,4-5,8-9H2,1-3H3. The number of thioether (sulfide) groups is 2. The highest BCUT2D eigenvalue weighted by Gasteiger charge is 2.36. The summed E-state index contributed by atoms with van der Waals surface area (Å²) in [6.45, 7) is 0.582. The molecule has 0 spiro atoms. The van der Waals surface area contributed by atoms with Crippen LogP contribution < -0.4 is 4.74 Å². The molecule has 1 aromatic rings. The molecule has 0 aromatic heterocycles. The third-order valence-corrected chi connectivity index (χ3v) is 5.94. The third-order valence-electron chi connectivity index (χ3n) is 3.96. The zero-order valence-corrected chi connectivity index (χ0v) is 15.8. The van der Waals surface area contributed by atoms with Crippen molar-refractivity contribution in [2.45, 2.75) is 22.6 Å². The van der Waals surface area contributed by atoms with E-state index in [1.807, 2.05) is 26.4 Å². The second kappa shape index (κ2) is 7.23. The number of carbonyl (C=O) groups excluding carboxylic acids is 2. The lowest BCUT2D eigenvalue weighted by atomic mass is 9.97. The number of ether oxygens (including phenoxy) is 1. The van der Waals surface area contributed by atoms with Crippen LogP contribution in [0.2, 0.25) is 0 Å². The molecule has 0 unspecified atom stereocenters. The number of Topliss-reactive ketones (excluding diaryl/α,β-unsaturated/α-hetero) is 2. The predicted molar refractivity (Wildman–Crippen MR) is 98.3 cm³/mol. The molecule has 2 aliphatic rings. The van der Waals surface area contributed by atoms with Crippen LogP contribution in [0.5, 0.6) is 5.75 Å². The lowest BCUT2D eigenvalue weighted by Gasteiger charge is -2.22. The summed E-state index contributed by atoms with van der Waals surface area (Å²) in [5, 5.41) is 0. The van der Waals surface area contributed by atoms with E-state index in [0.717, 1.165) is 28.4 Å². The van der Waals surface area contributed by atoms with Crippen LogP contribution in [0.15, 0.2) is 33.7 Å². The molecule has 24 heavy (non-hydrogen) atoms. The van der Waals surface area contributed by atoms with E-state index in [1.165, 1.54) is 0 Å². The summed E-state index contributed by atoms with van der Waals surface area (Å²) < 4.78 is 5.82. The quantitative estimate of drug-likeness (QED) is 0.253. The largest absolute Gasteiger partial charge is 0.491 e. The minimum absolute atomic E-state index is 0.0109. The Kier molecular flexibility index (Phi) is 5.25. The van der Waals surface area contributed by atoms with Crippen LogP contribution in [0.4, 0.5) is 0 Å². The number of carbonyl (C=O) groups is 2. The van der Waals surface area contributed by atoms with Gasteiger partial charge in [0.2, 0.25) is 5.78 Å². The van der Waals surface area contributed by atoms with Gasteiger partial charge in [0.05, 0.1) is 22.6 Å². The van der Waals surface area contributed by atoms with Crippen molar-refractivity contribution in [3.63, 3.8) is 0 Å². The molecule has 128 valence electrons. The first-order valence-corrected chi connectivity index (χ1v) is 10.2. The van der Waals surface area contributed by atoms with Crippen molar-refractivity contribution in [2.75, 3.05) is 32.7 Å². The van der Waals surface area contributed by atoms with E-state index < -0.39 is 0 Å². The summed E-state index contributed by atoms with van der Waals surface area (Å²) in [5.74, 6) is 1.25. The summed E-state index contributed by atoms with van der Waals surface area (Å²) in [6, 6.07) is 3.75. The molecule has 0 atom stereocenters. The fraction of sp³-hybridized carbons (Fsp3) is 0.444. The van der Waals surface area contributed by atoms with Crippen molar-refractivity contribution in [3.8, 4) is 5.75 Å². The monoisotopic (exact) mass is 363 g/mol. The van der Waals surface area contributed by atoms with Crippen molar-refractivity contribution < 1.29 is 14.3 Å². The van der Waals surface area contributed by atoms with Gasteiger partial charge in [-0.2, -0.15) is 0 Å². The van der Waals surface area contributed by atoms with Crippen molar-refractivity contribution in [1.29, 1.82) is 0 Å². The van der Waals surface area contributed by atoms with E-state index in [9.17, 15) is 9.59 Å². The molecular weight excluding hydrogens is 342 g/mol. The number of allylic oxidation sites excluding steroid dienone is 1. The fourth-order valence-electron chi connectivity index (χ4n) is 2.65. The fourth-order valence-corrected chi connectivity index (χ4v) is 4.44. The van der Waals surface area contributed by atoms with E-state index in [2.05, 4.69) is 0 Å². The Morgan fingerprint density at radius 2 is 2.08 bits per heavy atom. The zero-order chi connectivity index (χ0) is 17.3. The Hall–Kier alpha value is -1.40. The minimum atomic E-state index is -0.230. The molecule has 4 nitrogen and oxygen atoms in total. The van der Waals surface area contributed by atoms with Crippen LogP contribution in [0, 0.1) is 5.92 Å². The van der Waals surface area contributed by atoms with Gasteiger partial charge >= 0.3 is 0 Å². The van der Waals surface area contributed by atoms with Crippen LogP contribution in [0.3, 0.4) is 0 Å². The molecule has 1 aromatic carbocycles. The van der Waals surface area contributed by atoms with Crippen molar-refractivity contribution >= 4 is 35.1 Å². The maximum atomic E-state index is 13.1. The van der Waals surface area contributed by atoms with Crippen LogP contribution in [0.1, 0.15) is 23.2 Å². The molecular formula is C18H21NO3S2. The smallest absolute Gasteiger partial charge is 0.201 e. The Balaban J connectivity index is 2.03. The summed E-state index contributed by atoms with van der Waals surface area (Å²) in [6.07, 6.45) is 5.42. The summed E-state index contributed by atoms with van der Waals surface area (Å²) in [4.78, 5) is 29.6. The number of fused-ring (bicyclic) bond motifs is 1. The molecule has 1 fully saturated rings. The number of rotatable bonds is 6. The normalized spacial score (nSPS) is 17.0. The third kappa shape index (κ3) is 3.49. The number of benzene rings is 1. The Morgan fingerprint density at radius 1 is 1.33 bits per heavy atom. The first kappa shape index (κ1) is 17.4. The van der Waals surface area contributed by atoms with Crippen LogP contribution in [0.25, 0.3) is 0 Å². The van der Waals surface area contributed by atoms with Crippen molar-refractivity contribution in [3.05, 3.63) is 29.5 Å². The van der Waals surface area contributed by atoms with Gasteiger partial charge in [0.1, 0.15) is 5.75 Å². The van der Waals surface area contributed by atoms with Crippen LogP contribution in [-0.2, 0) is 4.79 Å². The molecule has 3 rings (SSSR count). The summed E-state index contributed by atoms with van der Waals surface area (Å²) in [5.41, 5.74) is 0.762. The van der Waals surface area contributed by atoms with Crippen LogP contribution in [-0.4, -0.2) is 49.2 Å².